The van der Waals surface area contributed by atoms with Crippen LogP contribution in [0.3, 0.4) is 0 Å². The van der Waals surface area contributed by atoms with E-state index in [2.05, 4.69) is 15.3 Å². The van der Waals surface area contributed by atoms with E-state index in [1.54, 1.807) is 34.9 Å². The highest BCUT2D eigenvalue weighted by Crippen LogP contribution is 2.28. The van der Waals surface area contributed by atoms with Gasteiger partial charge in [-0.25, -0.2) is 9.67 Å². The second kappa shape index (κ2) is 9.26. The number of ether oxygens (including phenoxy) is 1. The number of likely N-dealkylation sites (tertiary alicyclic amines) is 1. The van der Waals surface area contributed by atoms with E-state index in [0.29, 0.717) is 47.4 Å². The first kappa shape index (κ1) is 22.1. The Morgan fingerprint density at radius 3 is 2.82 bits per heavy atom. The molecule has 9 nitrogen and oxygen atoms in total. The Hall–Kier alpha value is -3.72. The van der Waals surface area contributed by atoms with Crippen LogP contribution in [-0.2, 0) is 6.54 Å². The van der Waals surface area contributed by atoms with Crippen molar-refractivity contribution < 1.29 is 9.53 Å². The van der Waals surface area contributed by atoms with Crippen LogP contribution in [0.25, 0.3) is 11.2 Å². The molecule has 1 N–H and O–H groups in total. The average molecular weight is 479 g/mol. The molecule has 10 heteroatoms. The molecular weight excluding hydrogens is 456 g/mol. The molecule has 2 aromatic carbocycles. The van der Waals surface area contributed by atoms with Crippen molar-refractivity contribution in [1.82, 2.24) is 29.9 Å². The van der Waals surface area contributed by atoms with Crippen molar-refractivity contribution in [3.8, 4) is 5.75 Å². The van der Waals surface area contributed by atoms with Gasteiger partial charge in [-0.15, -0.1) is 5.10 Å². The molecule has 1 atom stereocenters. The Morgan fingerprint density at radius 1 is 1.21 bits per heavy atom. The van der Waals surface area contributed by atoms with Crippen molar-refractivity contribution in [2.75, 3.05) is 20.2 Å². The fraction of sp³-hybridized carbons (Fsp3) is 0.292. The number of piperidine rings is 1. The molecule has 174 valence electrons. The Bertz CT molecular complexity index is 1420. The largest absolute Gasteiger partial charge is 0.496 e. The number of nitrogens with zero attached hydrogens (tertiary/aromatic N) is 5. The van der Waals surface area contributed by atoms with E-state index in [-0.39, 0.29) is 22.9 Å². The van der Waals surface area contributed by atoms with Crippen LogP contribution in [0.5, 0.6) is 5.75 Å². The summed E-state index contributed by atoms with van der Waals surface area (Å²) in [6, 6.07) is 14.6. The van der Waals surface area contributed by atoms with Crippen molar-refractivity contribution in [3.63, 3.8) is 0 Å². The number of aromatic amines is 1. The number of hydrogen-bond donors (Lipinski definition) is 1. The van der Waals surface area contributed by atoms with Gasteiger partial charge in [0, 0.05) is 24.0 Å². The van der Waals surface area contributed by atoms with Gasteiger partial charge in [0.05, 0.1) is 19.2 Å². The van der Waals surface area contributed by atoms with Crippen molar-refractivity contribution in [2.24, 2.45) is 0 Å². The summed E-state index contributed by atoms with van der Waals surface area (Å²) < 4.78 is 6.94. The molecule has 1 aliphatic rings. The van der Waals surface area contributed by atoms with E-state index in [9.17, 15) is 9.59 Å². The summed E-state index contributed by atoms with van der Waals surface area (Å²) >= 11 is 6.30. The highest BCUT2D eigenvalue weighted by atomic mass is 35.5. The minimum Gasteiger partial charge on any atom is -0.496 e. The number of H-pyrrole nitrogens is 1. The van der Waals surface area contributed by atoms with E-state index >= 15 is 0 Å². The molecule has 0 saturated carbocycles. The molecule has 1 fully saturated rings. The zero-order chi connectivity index (χ0) is 23.7. The Kier molecular flexibility index (Phi) is 6.02. The zero-order valence-electron chi connectivity index (χ0n) is 18.6. The number of hydrogen-bond acceptors (Lipinski definition) is 6. The van der Waals surface area contributed by atoms with Crippen molar-refractivity contribution in [1.29, 1.82) is 0 Å². The number of halogens is 1. The topological polar surface area (TPSA) is 106 Å². The van der Waals surface area contributed by atoms with E-state index in [1.807, 2.05) is 30.3 Å². The molecule has 0 radical (unpaired) electrons. The lowest BCUT2D eigenvalue weighted by Gasteiger charge is -2.32. The standard InChI is InChI=1S/C24H23ClN6O3/c1-34-19-11-5-3-9-17(19)24(33)30-12-6-8-16(13-30)21-26-22-20(23(32)27-21)28-29-31(22)14-15-7-2-4-10-18(15)25/h2-5,7,9-11,16H,6,8,12-14H2,1H3,(H,26,27,32)/t16-/m1/s1. The molecule has 3 heterocycles. The lowest BCUT2D eigenvalue weighted by molar-refractivity contribution is 0.0701. The number of carbonyl (C=O) groups is 1. The Balaban J connectivity index is 1.44. The molecule has 1 aliphatic heterocycles. The zero-order valence-corrected chi connectivity index (χ0v) is 19.3. The minimum atomic E-state index is -0.349. The van der Waals surface area contributed by atoms with Gasteiger partial charge in [-0.2, -0.15) is 0 Å². The fourth-order valence-corrected chi connectivity index (χ4v) is 4.54. The molecule has 0 spiro atoms. The van der Waals surface area contributed by atoms with Crippen LogP contribution in [0.1, 0.15) is 40.5 Å². The van der Waals surface area contributed by atoms with Gasteiger partial charge < -0.3 is 14.6 Å². The van der Waals surface area contributed by atoms with Gasteiger partial charge in [0.15, 0.2) is 11.2 Å². The molecular formula is C24H23ClN6O3. The number of carbonyl (C=O) groups excluding carboxylic acids is 1. The predicted octanol–water partition coefficient (Wildman–Crippen LogP) is 3.24. The van der Waals surface area contributed by atoms with Gasteiger partial charge in [0.2, 0.25) is 0 Å². The summed E-state index contributed by atoms with van der Waals surface area (Å²) in [5.41, 5.74) is 1.59. The average Bonchev–Trinajstić information content (AvgIpc) is 3.28. The maximum Gasteiger partial charge on any atom is 0.281 e. The van der Waals surface area contributed by atoms with E-state index < -0.39 is 0 Å². The normalized spacial score (nSPS) is 16.1. The highest BCUT2D eigenvalue weighted by Gasteiger charge is 2.29. The molecule has 0 unspecified atom stereocenters. The third-order valence-electron chi connectivity index (χ3n) is 6.10. The van der Waals surface area contributed by atoms with E-state index in [1.165, 1.54) is 0 Å². The molecule has 2 aromatic heterocycles. The van der Waals surface area contributed by atoms with Crippen LogP contribution in [0.2, 0.25) is 5.02 Å². The van der Waals surface area contributed by atoms with Crippen LogP contribution in [0, 0.1) is 0 Å². The summed E-state index contributed by atoms with van der Waals surface area (Å²) in [6.07, 6.45) is 1.60. The van der Waals surface area contributed by atoms with Crippen LogP contribution in [0.4, 0.5) is 0 Å². The minimum absolute atomic E-state index is 0.101. The summed E-state index contributed by atoms with van der Waals surface area (Å²) in [7, 11) is 1.55. The summed E-state index contributed by atoms with van der Waals surface area (Å²) in [5, 5.41) is 8.75. The number of methoxy groups -OCH3 is 1. The molecule has 1 amide bonds. The van der Waals surface area contributed by atoms with E-state index in [0.717, 1.165) is 18.4 Å². The Morgan fingerprint density at radius 2 is 2.00 bits per heavy atom. The van der Waals surface area contributed by atoms with Gasteiger partial charge >= 0.3 is 0 Å². The smallest absolute Gasteiger partial charge is 0.281 e. The summed E-state index contributed by atoms with van der Waals surface area (Å²) in [5.74, 6) is 0.846. The van der Waals surface area contributed by atoms with Crippen molar-refractivity contribution in [2.45, 2.75) is 25.3 Å². The Labute approximate surface area is 200 Å². The predicted molar refractivity (Wildman–Crippen MR) is 127 cm³/mol. The number of para-hydroxylation sites is 1. The van der Waals surface area contributed by atoms with E-state index in [4.69, 9.17) is 21.3 Å². The first-order valence-electron chi connectivity index (χ1n) is 11.0. The van der Waals surface area contributed by atoms with Crippen LogP contribution < -0.4 is 10.3 Å². The first-order valence-corrected chi connectivity index (χ1v) is 11.4. The van der Waals surface area contributed by atoms with Gasteiger partial charge in [-0.05, 0) is 36.6 Å². The summed E-state index contributed by atoms with van der Waals surface area (Å²) in [4.78, 5) is 35.3. The number of amides is 1. The number of fused-ring (bicyclic) bond motifs is 1. The molecule has 0 bridgehead atoms. The maximum absolute atomic E-state index is 13.2. The SMILES string of the molecule is COc1ccccc1C(=O)N1CCC[C@@H](c2nc3c(nnn3Cc3ccccc3Cl)c(=O)[nH]2)C1. The lowest BCUT2D eigenvalue weighted by atomic mass is 9.96. The third-order valence-corrected chi connectivity index (χ3v) is 6.47. The molecule has 34 heavy (non-hydrogen) atoms. The van der Waals surface area contributed by atoms with Gasteiger partial charge in [0.25, 0.3) is 11.5 Å². The molecule has 0 aliphatic carbocycles. The summed E-state index contributed by atoms with van der Waals surface area (Å²) in [6.45, 7) is 1.42. The quantitative estimate of drug-likeness (QED) is 0.472. The van der Waals surface area contributed by atoms with Gasteiger partial charge in [0.1, 0.15) is 11.6 Å². The maximum atomic E-state index is 13.2. The van der Waals surface area contributed by atoms with Gasteiger partial charge in [-0.3, -0.25) is 9.59 Å². The van der Waals surface area contributed by atoms with Crippen LogP contribution >= 0.6 is 11.6 Å². The number of aromatic nitrogens is 5. The number of rotatable bonds is 5. The second-order valence-electron chi connectivity index (χ2n) is 8.25. The number of benzene rings is 2. The lowest BCUT2D eigenvalue weighted by Crippen LogP contribution is -2.40. The molecule has 1 saturated heterocycles. The fourth-order valence-electron chi connectivity index (χ4n) is 4.35. The van der Waals surface area contributed by atoms with Crippen molar-refractivity contribution in [3.05, 3.63) is 80.9 Å². The highest BCUT2D eigenvalue weighted by molar-refractivity contribution is 6.31. The number of nitrogens with one attached hydrogen (secondary N) is 1. The monoisotopic (exact) mass is 478 g/mol. The van der Waals surface area contributed by atoms with Crippen LogP contribution in [0.15, 0.2) is 53.3 Å². The molecule has 5 rings (SSSR count). The first-order chi connectivity index (χ1) is 16.5. The second-order valence-corrected chi connectivity index (χ2v) is 8.66. The van der Waals surface area contributed by atoms with Crippen LogP contribution in [-0.4, -0.2) is 56.0 Å². The van der Waals surface area contributed by atoms with Crippen molar-refractivity contribution >= 4 is 28.7 Å². The third kappa shape index (κ3) is 4.14. The molecule has 4 aromatic rings. The van der Waals surface area contributed by atoms with Gasteiger partial charge in [-0.1, -0.05) is 47.1 Å².